The third-order valence-corrected chi connectivity index (χ3v) is 10.1. The van der Waals surface area contributed by atoms with Crippen LogP contribution in [0.3, 0.4) is 0 Å². The minimum atomic E-state index is -1.38. The van der Waals surface area contributed by atoms with Crippen molar-refractivity contribution in [3.8, 4) is 11.5 Å². The van der Waals surface area contributed by atoms with Gasteiger partial charge in [0.2, 0.25) is 5.91 Å². The van der Waals surface area contributed by atoms with Crippen molar-refractivity contribution in [3.05, 3.63) is 35.1 Å². The fraction of sp³-hybridized carbons (Fsp3) is 0.633. The lowest BCUT2D eigenvalue weighted by atomic mass is 9.50. The molecular weight excluding hydrogens is 561 g/mol. The predicted molar refractivity (Wildman–Crippen MR) is 154 cm³/mol. The van der Waals surface area contributed by atoms with Crippen molar-refractivity contribution in [2.75, 3.05) is 20.2 Å². The maximum atomic E-state index is 13.5. The van der Waals surface area contributed by atoms with Gasteiger partial charge >= 0.3 is 11.9 Å². The largest absolute Gasteiger partial charge is 0.493 e. The summed E-state index contributed by atoms with van der Waals surface area (Å²) >= 11 is 0. The highest BCUT2D eigenvalue weighted by Crippen LogP contribution is 2.65. The van der Waals surface area contributed by atoms with Gasteiger partial charge in [0.05, 0.1) is 27.6 Å². The molecule has 0 radical (unpaired) electrons. The monoisotopic (exact) mass is 601 g/mol. The van der Waals surface area contributed by atoms with Crippen LogP contribution in [0.2, 0.25) is 0 Å². The molecule has 1 saturated heterocycles. The summed E-state index contributed by atoms with van der Waals surface area (Å²) in [5.74, 6) is 0.447. The van der Waals surface area contributed by atoms with Crippen molar-refractivity contribution < 1.29 is 38.2 Å². The zero-order chi connectivity index (χ0) is 30.0. The molecule has 2 heterocycles. The number of aliphatic hydroxyl groups is 1. The van der Waals surface area contributed by atoms with Gasteiger partial charge < -0.3 is 34.9 Å². The van der Waals surface area contributed by atoms with E-state index in [0.29, 0.717) is 42.4 Å². The summed E-state index contributed by atoms with van der Waals surface area (Å²) in [6, 6.07) is 2.95. The standard InChI is InChI=1S/C30H40N3O8P/c1-28(2,32-22(34)9-7-18(31)26(35)41-42)27(36)39-20-10-11-30(37)21-14-17-6-8-19(38-3)24-23(17)29(30,25(20)40-24)12-13-33(21)15-16-4-5-16/h6,8,10,16,18,21,25,37H,4-5,7,9,11-15,31,42H2,1-3H3,(H,32,34)/t18?,21-,25+,29+,30-/m1/s1. The van der Waals surface area contributed by atoms with E-state index in [1.807, 2.05) is 15.5 Å². The zero-order valence-electron chi connectivity index (χ0n) is 24.3. The summed E-state index contributed by atoms with van der Waals surface area (Å²) in [6.07, 6.45) is 5.20. The van der Waals surface area contributed by atoms with Gasteiger partial charge in [-0.2, -0.15) is 0 Å². The zero-order valence-corrected chi connectivity index (χ0v) is 25.5. The van der Waals surface area contributed by atoms with Gasteiger partial charge in [0.25, 0.3) is 0 Å². The van der Waals surface area contributed by atoms with Gasteiger partial charge in [0.1, 0.15) is 17.3 Å². The van der Waals surface area contributed by atoms with E-state index >= 15 is 0 Å². The molecule has 6 rings (SSSR count). The lowest BCUT2D eigenvalue weighted by molar-refractivity contribution is -0.175. The molecule has 1 spiro atoms. The molecule has 2 aliphatic heterocycles. The molecule has 6 atom stereocenters. The molecule has 1 amide bonds. The highest BCUT2D eigenvalue weighted by atomic mass is 31.0. The van der Waals surface area contributed by atoms with E-state index in [9.17, 15) is 19.5 Å². The Balaban J connectivity index is 1.26. The Morgan fingerprint density at radius 3 is 2.76 bits per heavy atom. The van der Waals surface area contributed by atoms with Crippen LogP contribution in [0.25, 0.3) is 0 Å². The molecule has 42 heavy (non-hydrogen) atoms. The van der Waals surface area contributed by atoms with Gasteiger partial charge in [0.15, 0.2) is 17.6 Å². The predicted octanol–water partition coefficient (Wildman–Crippen LogP) is 1.63. The molecule has 4 N–H and O–H groups in total. The lowest BCUT2D eigenvalue weighted by Crippen LogP contribution is -2.75. The number of rotatable bonds is 10. The molecule has 228 valence electrons. The Hall–Kier alpha value is -2.72. The fourth-order valence-corrected chi connectivity index (χ4v) is 7.68. The van der Waals surface area contributed by atoms with Gasteiger partial charge in [-0.05, 0) is 76.1 Å². The smallest absolute Gasteiger partial charge is 0.336 e. The number of hydrogen-bond acceptors (Lipinski definition) is 10. The number of carbonyl (C=O) groups is 3. The van der Waals surface area contributed by atoms with E-state index in [4.69, 9.17) is 19.9 Å². The molecule has 3 aliphatic carbocycles. The first-order valence-electron chi connectivity index (χ1n) is 14.7. The Labute approximate surface area is 247 Å². The van der Waals surface area contributed by atoms with Gasteiger partial charge in [-0.3, -0.25) is 14.5 Å². The van der Waals surface area contributed by atoms with Crippen molar-refractivity contribution >= 4 is 27.3 Å². The van der Waals surface area contributed by atoms with Crippen LogP contribution in [0.15, 0.2) is 24.0 Å². The fourth-order valence-electron chi connectivity index (χ4n) is 7.50. The number of esters is 1. The Kier molecular flexibility index (Phi) is 7.32. The van der Waals surface area contributed by atoms with E-state index in [-0.39, 0.29) is 18.9 Å². The van der Waals surface area contributed by atoms with Crippen molar-refractivity contribution in [1.82, 2.24) is 10.2 Å². The second kappa shape index (κ2) is 10.5. The number of benzene rings is 1. The third-order valence-electron chi connectivity index (χ3n) is 9.86. The number of nitrogens with two attached hydrogens (primary N) is 1. The van der Waals surface area contributed by atoms with Crippen LogP contribution in [0, 0.1) is 5.92 Å². The number of hydrogen-bond donors (Lipinski definition) is 3. The summed E-state index contributed by atoms with van der Waals surface area (Å²) in [6.45, 7) is 4.91. The van der Waals surface area contributed by atoms with Crippen molar-refractivity contribution in [2.45, 2.75) is 93.5 Å². The number of nitrogens with zero attached hydrogens (tertiary/aromatic N) is 1. The molecule has 5 aliphatic rings. The van der Waals surface area contributed by atoms with Crippen molar-refractivity contribution in [3.63, 3.8) is 0 Å². The lowest BCUT2D eigenvalue weighted by Gasteiger charge is -2.62. The molecule has 12 heteroatoms. The average molecular weight is 602 g/mol. The van der Waals surface area contributed by atoms with Crippen molar-refractivity contribution in [1.29, 1.82) is 0 Å². The van der Waals surface area contributed by atoms with Gasteiger partial charge in [-0.1, -0.05) is 6.07 Å². The van der Waals surface area contributed by atoms with Crippen LogP contribution in [0.4, 0.5) is 0 Å². The molecule has 0 aromatic heterocycles. The number of carbonyl (C=O) groups excluding carboxylic acids is 3. The number of amides is 1. The summed E-state index contributed by atoms with van der Waals surface area (Å²) in [5, 5.41) is 15.3. The normalized spacial score (nSPS) is 29.9. The molecule has 2 unspecified atom stereocenters. The second-order valence-corrected chi connectivity index (χ2v) is 13.1. The molecular formula is C30H40N3O8P. The maximum Gasteiger partial charge on any atom is 0.336 e. The summed E-state index contributed by atoms with van der Waals surface area (Å²) in [7, 11) is 3.43. The first-order chi connectivity index (χ1) is 19.9. The quantitative estimate of drug-likeness (QED) is 0.267. The highest BCUT2D eigenvalue weighted by molar-refractivity contribution is 7.10. The number of piperidine rings is 1. The molecule has 2 bridgehead atoms. The SMILES string of the molecule is COc1ccc2c3c1O[C@H]1C(OC(=O)C(C)(C)NC(=O)CCC(N)C(=O)OP)=CC[C@@]4(O)[C@@H](C2)N(CC2CC2)CC[C@]314. The van der Waals surface area contributed by atoms with Gasteiger partial charge in [-0.25, -0.2) is 4.79 Å². The summed E-state index contributed by atoms with van der Waals surface area (Å²) < 4.78 is 22.8. The van der Waals surface area contributed by atoms with E-state index < -0.39 is 46.5 Å². The second-order valence-electron chi connectivity index (χ2n) is 12.9. The highest BCUT2D eigenvalue weighted by Gasteiger charge is 2.72. The first-order valence-corrected chi connectivity index (χ1v) is 15.1. The van der Waals surface area contributed by atoms with Crippen molar-refractivity contribution in [2.24, 2.45) is 11.7 Å². The first kappa shape index (κ1) is 29.4. The third kappa shape index (κ3) is 4.51. The van der Waals surface area contributed by atoms with E-state index in [0.717, 1.165) is 24.2 Å². The molecule has 1 aromatic rings. The van der Waals surface area contributed by atoms with Crippen LogP contribution < -0.4 is 20.5 Å². The van der Waals surface area contributed by atoms with Gasteiger partial charge in [0, 0.05) is 31.0 Å². The summed E-state index contributed by atoms with van der Waals surface area (Å²) in [4.78, 5) is 40.1. The molecule has 1 saturated carbocycles. The number of methoxy groups -OCH3 is 1. The topological polar surface area (TPSA) is 150 Å². The summed E-state index contributed by atoms with van der Waals surface area (Å²) in [5.41, 5.74) is 4.54. The minimum absolute atomic E-state index is 0.0632. The van der Waals surface area contributed by atoms with E-state index in [2.05, 4.69) is 20.8 Å². The Bertz CT molecular complexity index is 1350. The van der Waals surface area contributed by atoms with Gasteiger partial charge in [-0.15, -0.1) is 0 Å². The van der Waals surface area contributed by atoms with E-state index in [1.54, 1.807) is 27.0 Å². The van der Waals surface area contributed by atoms with Crippen LogP contribution in [0.1, 0.15) is 63.5 Å². The molecule has 11 nitrogen and oxygen atoms in total. The Morgan fingerprint density at radius 2 is 2.07 bits per heavy atom. The van der Waals surface area contributed by atoms with Crippen LogP contribution in [-0.4, -0.2) is 77.4 Å². The number of likely N-dealkylation sites (tertiary alicyclic amines) is 1. The molecule has 2 fully saturated rings. The number of ether oxygens (including phenoxy) is 3. The maximum absolute atomic E-state index is 13.5. The minimum Gasteiger partial charge on any atom is -0.493 e. The number of nitrogens with one attached hydrogen (secondary N) is 1. The van der Waals surface area contributed by atoms with Crippen LogP contribution in [-0.2, 0) is 35.5 Å². The molecule has 1 aromatic carbocycles. The van der Waals surface area contributed by atoms with Crippen LogP contribution in [0.5, 0.6) is 11.5 Å². The van der Waals surface area contributed by atoms with Crippen LogP contribution >= 0.6 is 9.47 Å². The Morgan fingerprint density at radius 1 is 1.31 bits per heavy atom. The average Bonchev–Trinajstić information content (AvgIpc) is 3.70. The van der Waals surface area contributed by atoms with E-state index in [1.165, 1.54) is 12.8 Å².